The molecule has 3 aromatic rings. The third-order valence-corrected chi connectivity index (χ3v) is 5.07. The second kappa shape index (κ2) is 9.43. The monoisotopic (exact) mass is 409 g/mol. The summed E-state index contributed by atoms with van der Waals surface area (Å²) in [6, 6.07) is 15.1. The van der Waals surface area contributed by atoms with Crippen molar-refractivity contribution < 1.29 is 14.3 Å². The number of hydrogen-bond acceptors (Lipinski definition) is 6. The Morgan fingerprint density at radius 1 is 1.00 bits per heavy atom. The number of nitrogens with zero attached hydrogens (tertiary/aromatic N) is 2. The summed E-state index contributed by atoms with van der Waals surface area (Å²) in [6.07, 6.45) is 0. The zero-order chi connectivity index (χ0) is 20.8. The summed E-state index contributed by atoms with van der Waals surface area (Å²) in [5.41, 5.74) is 3.44. The molecular weight excluding hydrogens is 386 g/mol. The molecule has 0 aliphatic carbocycles. The largest absolute Gasteiger partial charge is 0.497 e. The Morgan fingerprint density at radius 3 is 2.45 bits per heavy atom. The summed E-state index contributed by atoms with van der Waals surface area (Å²) in [5.74, 6) is 2.14. The Balaban J connectivity index is 1.69. The Labute approximate surface area is 174 Å². The molecule has 6 nitrogen and oxygen atoms in total. The minimum absolute atomic E-state index is 0.124. The van der Waals surface area contributed by atoms with E-state index in [1.54, 1.807) is 14.2 Å². The number of benzene rings is 2. The van der Waals surface area contributed by atoms with Crippen LogP contribution in [0.15, 0.2) is 53.6 Å². The predicted octanol–water partition coefficient (Wildman–Crippen LogP) is 4.51. The average Bonchev–Trinajstić information content (AvgIpc) is 2.72. The molecule has 1 aromatic heterocycles. The van der Waals surface area contributed by atoms with Crippen LogP contribution in [0.2, 0.25) is 0 Å². The van der Waals surface area contributed by atoms with E-state index in [2.05, 4.69) is 15.3 Å². The van der Waals surface area contributed by atoms with Gasteiger partial charge >= 0.3 is 0 Å². The molecular formula is C22H23N3O3S. The number of carbonyl (C=O) groups is 1. The maximum absolute atomic E-state index is 12.4. The normalized spacial score (nSPS) is 10.5. The number of rotatable bonds is 7. The molecule has 0 aliphatic heterocycles. The van der Waals surface area contributed by atoms with E-state index in [-0.39, 0.29) is 11.7 Å². The van der Waals surface area contributed by atoms with Crippen LogP contribution in [0.4, 0.5) is 5.69 Å². The van der Waals surface area contributed by atoms with Crippen LogP contribution < -0.4 is 14.8 Å². The number of methoxy groups -OCH3 is 2. The lowest BCUT2D eigenvalue weighted by Crippen LogP contribution is -2.15. The molecule has 0 aliphatic rings. The van der Waals surface area contributed by atoms with Gasteiger partial charge in [0.25, 0.3) is 0 Å². The molecule has 2 aromatic carbocycles. The molecule has 1 heterocycles. The number of nitrogens with one attached hydrogen (secondary N) is 1. The first-order valence-electron chi connectivity index (χ1n) is 9.06. The van der Waals surface area contributed by atoms with Crippen LogP contribution in [-0.2, 0) is 4.79 Å². The van der Waals surface area contributed by atoms with Crippen LogP contribution in [0.25, 0.3) is 11.4 Å². The van der Waals surface area contributed by atoms with Crippen molar-refractivity contribution in [2.24, 2.45) is 0 Å². The average molecular weight is 410 g/mol. The van der Waals surface area contributed by atoms with Gasteiger partial charge in [-0.1, -0.05) is 17.8 Å². The van der Waals surface area contributed by atoms with E-state index >= 15 is 0 Å². The third kappa shape index (κ3) is 5.48. The van der Waals surface area contributed by atoms with E-state index in [9.17, 15) is 4.79 Å². The topological polar surface area (TPSA) is 73.3 Å². The first-order valence-corrected chi connectivity index (χ1v) is 10.0. The summed E-state index contributed by atoms with van der Waals surface area (Å²) < 4.78 is 10.5. The van der Waals surface area contributed by atoms with Crippen molar-refractivity contribution in [1.82, 2.24) is 9.97 Å². The zero-order valence-electron chi connectivity index (χ0n) is 16.9. The number of ether oxygens (including phenoxy) is 2. The van der Waals surface area contributed by atoms with Crippen molar-refractivity contribution in [1.29, 1.82) is 0 Å². The lowest BCUT2D eigenvalue weighted by molar-refractivity contribution is -0.113. The Morgan fingerprint density at radius 2 is 1.76 bits per heavy atom. The van der Waals surface area contributed by atoms with Crippen molar-refractivity contribution in [2.45, 2.75) is 18.9 Å². The Bertz CT molecular complexity index is 1010. The SMILES string of the molecule is COc1ccc(-c2nc(C)cc(SCC(=O)Nc3cc(C)ccc3OC)n2)cc1. The minimum Gasteiger partial charge on any atom is -0.497 e. The highest BCUT2D eigenvalue weighted by molar-refractivity contribution is 7.99. The van der Waals surface area contributed by atoms with E-state index in [0.29, 0.717) is 17.3 Å². The number of aryl methyl sites for hydroxylation is 2. The van der Waals surface area contributed by atoms with Crippen LogP contribution in [0.1, 0.15) is 11.3 Å². The second-order valence-electron chi connectivity index (χ2n) is 6.44. The standard InChI is InChI=1S/C22H23N3O3S/c1-14-5-10-19(28-4)18(11-14)24-20(26)13-29-21-12-15(2)23-22(25-21)16-6-8-17(27-3)9-7-16/h5-12H,13H2,1-4H3,(H,24,26). The molecule has 0 unspecified atom stereocenters. The Hall–Kier alpha value is -3.06. The van der Waals surface area contributed by atoms with E-state index in [0.717, 1.165) is 27.6 Å². The summed E-state index contributed by atoms with van der Waals surface area (Å²) in [5, 5.41) is 3.65. The molecule has 1 N–H and O–H groups in total. The smallest absolute Gasteiger partial charge is 0.234 e. The van der Waals surface area contributed by atoms with Crippen LogP contribution in [-0.4, -0.2) is 35.8 Å². The van der Waals surface area contributed by atoms with Crippen LogP contribution >= 0.6 is 11.8 Å². The quantitative estimate of drug-likeness (QED) is 0.457. The van der Waals surface area contributed by atoms with Crippen molar-refractivity contribution in [2.75, 3.05) is 25.3 Å². The summed E-state index contributed by atoms with van der Waals surface area (Å²) in [6.45, 7) is 3.88. The van der Waals surface area contributed by atoms with Gasteiger partial charge in [0.05, 0.1) is 25.7 Å². The zero-order valence-corrected chi connectivity index (χ0v) is 17.7. The van der Waals surface area contributed by atoms with Gasteiger partial charge in [-0.3, -0.25) is 4.79 Å². The molecule has 7 heteroatoms. The molecule has 1 amide bonds. The summed E-state index contributed by atoms with van der Waals surface area (Å²) >= 11 is 1.37. The van der Waals surface area contributed by atoms with Crippen LogP contribution in [0.3, 0.4) is 0 Å². The van der Waals surface area contributed by atoms with Crippen LogP contribution in [0, 0.1) is 13.8 Å². The number of amides is 1. The van der Waals surface area contributed by atoms with E-state index < -0.39 is 0 Å². The number of hydrogen-bond donors (Lipinski definition) is 1. The molecule has 0 spiro atoms. The maximum atomic E-state index is 12.4. The van der Waals surface area contributed by atoms with Gasteiger partial charge in [0.15, 0.2) is 5.82 Å². The number of aromatic nitrogens is 2. The van der Waals surface area contributed by atoms with Crippen LogP contribution in [0.5, 0.6) is 11.5 Å². The van der Waals surface area contributed by atoms with Gasteiger partial charge in [-0.05, 0) is 61.9 Å². The van der Waals surface area contributed by atoms with E-state index in [4.69, 9.17) is 9.47 Å². The molecule has 150 valence electrons. The molecule has 0 radical (unpaired) electrons. The first kappa shape index (κ1) is 20.7. The molecule has 0 bridgehead atoms. The number of anilines is 1. The molecule has 0 saturated heterocycles. The summed E-state index contributed by atoms with van der Waals surface area (Å²) in [7, 11) is 3.21. The fourth-order valence-electron chi connectivity index (χ4n) is 2.73. The highest BCUT2D eigenvalue weighted by atomic mass is 32.2. The van der Waals surface area contributed by atoms with Gasteiger partial charge in [-0.15, -0.1) is 0 Å². The van der Waals surface area contributed by atoms with Crippen molar-refractivity contribution in [3.63, 3.8) is 0 Å². The summed E-state index contributed by atoms with van der Waals surface area (Å²) in [4.78, 5) is 21.5. The van der Waals surface area contributed by atoms with Gasteiger partial charge in [-0.25, -0.2) is 9.97 Å². The van der Waals surface area contributed by atoms with Gasteiger partial charge in [0, 0.05) is 11.3 Å². The second-order valence-corrected chi connectivity index (χ2v) is 7.44. The van der Waals surface area contributed by atoms with E-state index in [1.807, 2.05) is 62.4 Å². The van der Waals surface area contributed by atoms with Gasteiger partial charge in [0.2, 0.25) is 5.91 Å². The van der Waals surface area contributed by atoms with Gasteiger partial charge in [-0.2, -0.15) is 0 Å². The maximum Gasteiger partial charge on any atom is 0.234 e. The first-order chi connectivity index (χ1) is 14.0. The van der Waals surface area contributed by atoms with Gasteiger partial charge in [0.1, 0.15) is 16.5 Å². The Kier molecular flexibility index (Phi) is 6.72. The molecule has 3 rings (SSSR count). The number of carbonyl (C=O) groups excluding carboxylic acids is 1. The fraction of sp³-hybridized carbons (Fsp3) is 0.227. The van der Waals surface area contributed by atoms with Crippen molar-refractivity contribution in [3.8, 4) is 22.9 Å². The lowest BCUT2D eigenvalue weighted by Gasteiger charge is -2.11. The fourth-order valence-corrected chi connectivity index (χ4v) is 3.48. The predicted molar refractivity (Wildman–Crippen MR) is 116 cm³/mol. The minimum atomic E-state index is -0.124. The van der Waals surface area contributed by atoms with E-state index in [1.165, 1.54) is 11.8 Å². The molecule has 0 atom stereocenters. The van der Waals surface area contributed by atoms with Gasteiger partial charge < -0.3 is 14.8 Å². The number of thioether (sulfide) groups is 1. The molecule has 29 heavy (non-hydrogen) atoms. The van der Waals surface area contributed by atoms with Crippen molar-refractivity contribution in [3.05, 3.63) is 59.8 Å². The molecule has 0 fully saturated rings. The lowest BCUT2D eigenvalue weighted by atomic mass is 10.2. The highest BCUT2D eigenvalue weighted by Gasteiger charge is 2.11. The van der Waals surface area contributed by atoms with Crippen molar-refractivity contribution >= 4 is 23.4 Å². The third-order valence-electron chi connectivity index (χ3n) is 4.16. The molecule has 0 saturated carbocycles. The highest BCUT2D eigenvalue weighted by Crippen LogP contribution is 2.27.